The molecule has 0 radical (unpaired) electrons. The monoisotopic (exact) mass is 314 g/mol. The molecular formula is C17H22N4O2. The number of aryl methyl sites for hydroxylation is 1. The van der Waals surface area contributed by atoms with Crippen LogP contribution in [0.3, 0.4) is 0 Å². The second-order valence-corrected chi connectivity index (χ2v) is 6.23. The van der Waals surface area contributed by atoms with Crippen molar-refractivity contribution in [2.75, 3.05) is 26.7 Å². The lowest BCUT2D eigenvalue weighted by Crippen LogP contribution is -2.52. The number of rotatable bonds is 3. The molecule has 1 aromatic heterocycles. The van der Waals surface area contributed by atoms with E-state index >= 15 is 0 Å². The molecule has 1 aliphatic rings. The molecule has 3 rings (SSSR count). The minimum atomic E-state index is -0.147. The molecule has 0 saturated carbocycles. The van der Waals surface area contributed by atoms with Crippen molar-refractivity contribution in [3.63, 3.8) is 0 Å². The van der Waals surface area contributed by atoms with Crippen LogP contribution in [0.4, 0.5) is 0 Å². The summed E-state index contributed by atoms with van der Waals surface area (Å²) in [5.74, 6) is 0.699. The minimum Gasteiger partial charge on any atom is -0.337 e. The Morgan fingerprint density at radius 3 is 2.91 bits per heavy atom. The molecular weight excluding hydrogens is 292 g/mol. The number of aromatic amines is 1. The molecule has 2 aromatic rings. The van der Waals surface area contributed by atoms with Crippen molar-refractivity contribution in [1.82, 2.24) is 19.8 Å². The zero-order valence-corrected chi connectivity index (χ0v) is 13.6. The number of carbonyl (C=O) groups is 1. The van der Waals surface area contributed by atoms with Crippen molar-refractivity contribution in [2.24, 2.45) is 0 Å². The van der Waals surface area contributed by atoms with Crippen LogP contribution < -0.4 is 5.56 Å². The predicted molar refractivity (Wildman–Crippen MR) is 89.4 cm³/mol. The summed E-state index contributed by atoms with van der Waals surface area (Å²) in [6, 6.07) is 7.47. The molecule has 1 atom stereocenters. The number of amides is 1. The fourth-order valence-corrected chi connectivity index (χ4v) is 3.13. The highest BCUT2D eigenvalue weighted by Gasteiger charge is 2.25. The smallest absolute Gasteiger partial charge is 0.258 e. The Bertz CT molecular complexity index is 771. The number of carbonyl (C=O) groups excluding carboxylic acids is 1. The van der Waals surface area contributed by atoms with Crippen LogP contribution in [-0.4, -0.2) is 58.4 Å². The number of nitrogens with zero attached hydrogens (tertiary/aromatic N) is 3. The normalized spacial score (nSPS) is 19.2. The second kappa shape index (κ2) is 6.50. The first-order valence-electron chi connectivity index (χ1n) is 8.00. The van der Waals surface area contributed by atoms with Crippen LogP contribution in [0.25, 0.3) is 10.9 Å². The molecule has 6 nitrogen and oxygen atoms in total. The van der Waals surface area contributed by atoms with Crippen LogP contribution in [0.1, 0.15) is 19.2 Å². The molecule has 1 aliphatic heterocycles. The van der Waals surface area contributed by atoms with E-state index in [9.17, 15) is 9.59 Å². The largest absolute Gasteiger partial charge is 0.337 e. The zero-order valence-electron chi connectivity index (χ0n) is 13.6. The fourth-order valence-electron chi connectivity index (χ4n) is 3.13. The lowest BCUT2D eigenvalue weighted by atomic mass is 10.1. The van der Waals surface area contributed by atoms with Gasteiger partial charge in [0.1, 0.15) is 5.82 Å². The van der Waals surface area contributed by atoms with Gasteiger partial charge in [-0.3, -0.25) is 9.59 Å². The molecule has 1 aromatic carbocycles. The van der Waals surface area contributed by atoms with E-state index in [1.165, 1.54) is 0 Å². The van der Waals surface area contributed by atoms with Crippen molar-refractivity contribution < 1.29 is 4.79 Å². The first-order valence-corrected chi connectivity index (χ1v) is 8.00. The molecule has 0 spiro atoms. The Hall–Kier alpha value is -2.21. The Kier molecular flexibility index (Phi) is 4.43. The summed E-state index contributed by atoms with van der Waals surface area (Å²) in [7, 11) is 2.07. The summed E-state index contributed by atoms with van der Waals surface area (Å²) in [5.41, 5.74) is 0.526. The number of H-pyrrole nitrogens is 1. The average molecular weight is 314 g/mol. The van der Waals surface area contributed by atoms with Gasteiger partial charge in [0.05, 0.1) is 10.9 Å². The Morgan fingerprint density at radius 1 is 1.35 bits per heavy atom. The topological polar surface area (TPSA) is 69.3 Å². The van der Waals surface area contributed by atoms with Gasteiger partial charge in [0.15, 0.2) is 0 Å². The third-order valence-electron chi connectivity index (χ3n) is 4.39. The number of nitrogens with one attached hydrogen (secondary N) is 1. The van der Waals surface area contributed by atoms with Crippen LogP contribution in [0.15, 0.2) is 29.1 Å². The van der Waals surface area contributed by atoms with Gasteiger partial charge in [0.2, 0.25) is 5.91 Å². The first kappa shape index (κ1) is 15.7. The SMILES string of the molecule is C[C@H]1CN(C)CCN1C(=O)CCc1nc2ccccc2c(=O)[nH]1. The number of para-hydroxylation sites is 1. The maximum atomic E-state index is 12.4. The fraction of sp³-hybridized carbons (Fsp3) is 0.471. The molecule has 0 aliphatic carbocycles. The number of hydrogen-bond donors (Lipinski definition) is 1. The van der Waals surface area contributed by atoms with E-state index in [1.54, 1.807) is 6.07 Å². The van der Waals surface area contributed by atoms with E-state index in [-0.39, 0.29) is 17.5 Å². The van der Waals surface area contributed by atoms with E-state index in [0.717, 1.165) is 19.6 Å². The van der Waals surface area contributed by atoms with E-state index in [0.29, 0.717) is 29.6 Å². The Balaban J connectivity index is 1.68. The van der Waals surface area contributed by atoms with Crippen molar-refractivity contribution in [1.29, 1.82) is 0 Å². The predicted octanol–water partition coefficient (Wildman–Crippen LogP) is 1.02. The molecule has 0 unspecified atom stereocenters. The van der Waals surface area contributed by atoms with Crippen LogP contribution in [0.5, 0.6) is 0 Å². The van der Waals surface area contributed by atoms with Crippen LogP contribution >= 0.6 is 0 Å². The lowest BCUT2D eigenvalue weighted by Gasteiger charge is -2.38. The summed E-state index contributed by atoms with van der Waals surface area (Å²) in [6.45, 7) is 4.64. The number of fused-ring (bicyclic) bond motifs is 1. The van der Waals surface area contributed by atoms with Crippen molar-refractivity contribution in [3.05, 3.63) is 40.4 Å². The highest BCUT2D eigenvalue weighted by Crippen LogP contribution is 2.11. The van der Waals surface area contributed by atoms with E-state index in [1.807, 2.05) is 23.1 Å². The lowest BCUT2D eigenvalue weighted by molar-refractivity contribution is -0.135. The van der Waals surface area contributed by atoms with Crippen LogP contribution in [-0.2, 0) is 11.2 Å². The van der Waals surface area contributed by atoms with Crippen molar-refractivity contribution in [2.45, 2.75) is 25.8 Å². The van der Waals surface area contributed by atoms with Gasteiger partial charge in [-0.25, -0.2) is 4.98 Å². The summed E-state index contributed by atoms with van der Waals surface area (Å²) in [6.07, 6.45) is 0.827. The first-order chi connectivity index (χ1) is 11.0. The molecule has 2 heterocycles. The van der Waals surface area contributed by atoms with E-state index in [4.69, 9.17) is 0 Å². The van der Waals surface area contributed by atoms with Gasteiger partial charge in [-0.15, -0.1) is 0 Å². The molecule has 1 fully saturated rings. The molecule has 122 valence electrons. The molecule has 1 saturated heterocycles. The maximum Gasteiger partial charge on any atom is 0.258 e. The second-order valence-electron chi connectivity index (χ2n) is 6.23. The van der Waals surface area contributed by atoms with Gasteiger partial charge < -0.3 is 14.8 Å². The van der Waals surface area contributed by atoms with Crippen molar-refractivity contribution in [3.8, 4) is 0 Å². The highest BCUT2D eigenvalue weighted by atomic mass is 16.2. The summed E-state index contributed by atoms with van der Waals surface area (Å²) < 4.78 is 0. The van der Waals surface area contributed by atoms with Gasteiger partial charge in [0, 0.05) is 38.5 Å². The summed E-state index contributed by atoms with van der Waals surface area (Å²) in [5, 5.41) is 0.579. The van der Waals surface area contributed by atoms with Crippen molar-refractivity contribution >= 4 is 16.8 Å². The number of aromatic nitrogens is 2. The Morgan fingerprint density at radius 2 is 2.13 bits per heavy atom. The standard InChI is InChI=1S/C17H22N4O2/c1-12-11-20(2)9-10-21(12)16(22)8-7-15-18-14-6-4-3-5-13(14)17(23)19-15/h3-6,12H,7-11H2,1-2H3,(H,18,19,23)/t12-/m0/s1. The van der Waals surface area contributed by atoms with E-state index < -0.39 is 0 Å². The molecule has 6 heteroatoms. The Labute approximate surface area is 135 Å². The average Bonchev–Trinajstić information content (AvgIpc) is 2.53. The van der Waals surface area contributed by atoms with Gasteiger partial charge in [-0.2, -0.15) is 0 Å². The molecule has 0 bridgehead atoms. The van der Waals surface area contributed by atoms with Gasteiger partial charge in [-0.05, 0) is 26.1 Å². The van der Waals surface area contributed by atoms with E-state index in [2.05, 4.69) is 28.8 Å². The highest BCUT2D eigenvalue weighted by molar-refractivity contribution is 5.78. The van der Waals surface area contributed by atoms with Gasteiger partial charge in [-0.1, -0.05) is 12.1 Å². The third-order valence-corrected chi connectivity index (χ3v) is 4.39. The molecule has 1 amide bonds. The summed E-state index contributed by atoms with van der Waals surface area (Å²) in [4.78, 5) is 35.9. The summed E-state index contributed by atoms with van der Waals surface area (Å²) >= 11 is 0. The number of piperazine rings is 1. The van der Waals surface area contributed by atoms with Crippen LogP contribution in [0, 0.1) is 0 Å². The van der Waals surface area contributed by atoms with Gasteiger partial charge in [0.25, 0.3) is 5.56 Å². The third kappa shape index (κ3) is 3.42. The van der Waals surface area contributed by atoms with Gasteiger partial charge >= 0.3 is 0 Å². The quantitative estimate of drug-likeness (QED) is 0.918. The number of benzene rings is 1. The zero-order chi connectivity index (χ0) is 16.4. The minimum absolute atomic E-state index is 0.126. The maximum absolute atomic E-state index is 12.4. The molecule has 1 N–H and O–H groups in total. The number of likely N-dealkylation sites (N-methyl/N-ethyl adjacent to an activating group) is 1. The molecule has 23 heavy (non-hydrogen) atoms. The number of hydrogen-bond acceptors (Lipinski definition) is 4. The van der Waals surface area contributed by atoms with Crippen LogP contribution in [0.2, 0.25) is 0 Å².